The zero-order valence-corrected chi connectivity index (χ0v) is 16.7. The minimum atomic E-state index is -0.188. The van der Waals surface area contributed by atoms with Gasteiger partial charge in [-0.05, 0) is 66.7 Å². The van der Waals surface area contributed by atoms with Gasteiger partial charge in [0.05, 0.1) is 5.52 Å². The third-order valence-corrected chi connectivity index (χ3v) is 4.87. The number of hydrogen-bond acceptors (Lipinski definition) is 4. The highest BCUT2D eigenvalue weighted by atomic mass is 35.5. The first kappa shape index (κ1) is 18.8. The number of nitrogens with one attached hydrogen (secondary N) is 1. The fourth-order valence-corrected chi connectivity index (χ4v) is 3.21. The van der Waals surface area contributed by atoms with E-state index in [0.717, 1.165) is 10.4 Å². The van der Waals surface area contributed by atoms with Gasteiger partial charge in [-0.3, -0.25) is 4.79 Å². The third-order valence-electron chi connectivity index (χ3n) is 4.64. The summed E-state index contributed by atoms with van der Waals surface area (Å²) >= 11 is 5.99. The second-order valence-corrected chi connectivity index (χ2v) is 7.29. The monoisotopic (exact) mass is 406 g/mol. The molecule has 7 heteroatoms. The molecule has 1 heterocycles. The molecule has 1 amide bonds. The van der Waals surface area contributed by atoms with Gasteiger partial charge in [0, 0.05) is 41.6 Å². The maximum absolute atomic E-state index is 12.5. The molecule has 29 heavy (non-hydrogen) atoms. The summed E-state index contributed by atoms with van der Waals surface area (Å²) in [4.78, 5) is 18.9. The van der Waals surface area contributed by atoms with E-state index in [1.807, 2.05) is 31.1 Å². The number of amides is 1. The maximum atomic E-state index is 12.5. The number of halogens is 1. The first-order chi connectivity index (χ1) is 13.9. The molecular formula is C22H19ClN4O2. The van der Waals surface area contributed by atoms with Crippen LogP contribution in [0.15, 0.2) is 66.7 Å². The van der Waals surface area contributed by atoms with Gasteiger partial charge in [-0.25, -0.2) is 4.98 Å². The van der Waals surface area contributed by atoms with E-state index in [2.05, 4.69) is 10.3 Å². The maximum Gasteiger partial charge on any atom is 0.255 e. The number of fused-ring (bicyclic) bond motifs is 1. The summed E-state index contributed by atoms with van der Waals surface area (Å²) in [7, 11) is 3.90. The number of carbonyl (C=O) groups excluding carboxylic acids is 1. The lowest BCUT2D eigenvalue weighted by Crippen LogP contribution is -2.13. The largest absolute Gasteiger partial charge is 0.426 e. The van der Waals surface area contributed by atoms with Crippen LogP contribution in [-0.4, -0.2) is 34.9 Å². The summed E-state index contributed by atoms with van der Waals surface area (Å²) in [6, 6.07) is 19.6. The molecule has 2 N–H and O–H groups in total. The van der Waals surface area contributed by atoms with Crippen LogP contribution in [0.3, 0.4) is 0 Å². The Morgan fingerprint density at radius 1 is 1.03 bits per heavy atom. The number of nitrogens with zero attached hydrogens (tertiary/aromatic N) is 3. The van der Waals surface area contributed by atoms with Crippen molar-refractivity contribution in [2.75, 3.05) is 24.3 Å². The molecule has 0 spiro atoms. The second kappa shape index (κ2) is 7.48. The Balaban J connectivity index is 1.53. The van der Waals surface area contributed by atoms with Crippen LogP contribution in [-0.2, 0) is 0 Å². The van der Waals surface area contributed by atoms with Crippen molar-refractivity contribution in [3.8, 4) is 11.4 Å². The molecule has 0 aliphatic heterocycles. The van der Waals surface area contributed by atoms with Crippen LogP contribution in [0.5, 0.6) is 0 Å². The van der Waals surface area contributed by atoms with E-state index in [1.165, 1.54) is 0 Å². The number of aromatic nitrogens is 2. The van der Waals surface area contributed by atoms with E-state index < -0.39 is 0 Å². The molecule has 4 rings (SSSR count). The summed E-state index contributed by atoms with van der Waals surface area (Å²) in [5.74, 6) is 0.214. The molecule has 1 aromatic heterocycles. The number of anilines is 2. The van der Waals surface area contributed by atoms with Crippen molar-refractivity contribution in [1.82, 2.24) is 9.71 Å². The van der Waals surface area contributed by atoms with E-state index in [1.54, 1.807) is 54.6 Å². The number of carbonyl (C=O) groups is 1. The minimum Gasteiger partial charge on any atom is -0.426 e. The average molecular weight is 407 g/mol. The Kier molecular flexibility index (Phi) is 4.86. The van der Waals surface area contributed by atoms with Crippen molar-refractivity contribution >= 4 is 39.9 Å². The molecule has 4 aromatic rings. The molecule has 146 valence electrons. The summed E-state index contributed by atoms with van der Waals surface area (Å²) in [5.41, 5.74) is 4.15. The Labute approximate surface area is 172 Å². The first-order valence-corrected chi connectivity index (χ1v) is 9.36. The SMILES string of the molecule is CN(C)c1ccc(C(=O)Nc2ccc(-c3nc4ccc(Cl)cc4n3O)cc2)cc1. The highest BCUT2D eigenvalue weighted by Gasteiger charge is 2.13. The summed E-state index contributed by atoms with van der Waals surface area (Å²) < 4.78 is 1.01. The molecule has 0 aliphatic rings. The lowest BCUT2D eigenvalue weighted by Gasteiger charge is -2.12. The van der Waals surface area contributed by atoms with Crippen LogP contribution >= 0.6 is 11.6 Å². The Hall–Kier alpha value is -3.51. The topological polar surface area (TPSA) is 70.4 Å². The van der Waals surface area contributed by atoms with E-state index in [-0.39, 0.29) is 5.91 Å². The molecular weight excluding hydrogens is 388 g/mol. The number of benzene rings is 3. The zero-order valence-electron chi connectivity index (χ0n) is 15.9. The van der Waals surface area contributed by atoms with Gasteiger partial charge in [0.15, 0.2) is 5.82 Å². The molecule has 0 saturated heterocycles. The fourth-order valence-electron chi connectivity index (χ4n) is 3.04. The van der Waals surface area contributed by atoms with Crippen molar-refractivity contribution < 1.29 is 10.0 Å². The van der Waals surface area contributed by atoms with Crippen LogP contribution < -0.4 is 10.2 Å². The first-order valence-electron chi connectivity index (χ1n) is 8.99. The van der Waals surface area contributed by atoms with Gasteiger partial charge in [0.1, 0.15) is 5.52 Å². The van der Waals surface area contributed by atoms with Gasteiger partial charge in [0.2, 0.25) is 0 Å². The van der Waals surface area contributed by atoms with Gasteiger partial charge in [-0.1, -0.05) is 11.6 Å². The predicted molar refractivity (Wildman–Crippen MR) is 116 cm³/mol. The van der Waals surface area contributed by atoms with E-state index in [4.69, 9.17) is 11.6 Å². The van der Waals surface area contributed by atoms with Gasteiger partial charge >= 0.3 is 0 Å². The molecule has 0 aliphatic carbocycles. The highest BCUT2D eigenvalue weighted by molar-refractivity contribution is 6.31. The molecule has 0 fully saturated rings. The Bertz CT molecular complexity index is 1180. The summed E-state index contributed by atoms with van der Waals surface area (Å²) in [6.07, 6.45) is 0. The molecule has 0 radical (unpaired) electrons. The average Bonchev–Trinajstić information content (AvgIpc) is 3.04. The summed E-state index contributed by atoms with van der Waals surface area (Å²) in [6.45, 7) is 0. The summed E-state index contributed by atoms with van der Waals surface area (Å²) in [5, 5.41) is 13.8. The van der Waals surface area contributed by atoms with Crippen LogP contribution in [0.25, 0.3) is 22.4 Å². The standard InChI is InChI=1S/C22H19ClN4O2/c1-26(2)18-10-5-15(6-11-18)22(28)24-17-8-3-14(4-9-17)21-25-19-12-7-16(23)13-20(19)27(21)29/h3-13,29H,1-2H3,(H,24,28). The minimum absolute atomic E-state index is 0.188. The van der Waals surface area contributed by atoms with Gasteiger partial charge < -0.3 is 15.4 Å². The molecule has 0 bridgehead atoms. The smallest absolute Gasteiger partial charge is 0.255 e. The fraction of sp³-hybridized carbons (Fsp3) is 0.0909. The predicted octanol–water partition coefficient (Wildman–Crippen LogP) is 4.91. The van der Waals surface area contributed by atoms with Crippen LogP contribution in [0, 0.1) is 0 Å². The lowest BCUT2D eigenvalue weighted by molar-refractivity contribution is 0.102. The van der Waals surface area contributed by atoms with E-state index in [9.17, 15) is 10.0 Å². The highest BCUT2D eigenvalue weighted by Crippen LogP contribution is 2.26. The van der Waals surface area contributed by atoms with Crippen molar-refractivity contribution in [2.24, 2.45) is 0 Å². The van der Waals surface area contributed by atoms with Crippen LogP contribution in [0.2, 0.25) is 5.02 Å². The van der Waals surface area contributed by atoms with Crippen molar-refractivity contribution in [3.05, 3.63) is 77.3 Å². The lowest BCUT2D eigenvalue weighted by atomic mass is 10.1. The van der Waals surface area contributed by atoms with E-state index >= 15 is 0 Å². The Morgan fingerprint density at radius 2 is 1.72 bits per heavy atom. The van der Waals surface area contributed by atoms with Crippen LogP contribution in [0.4, 0.5) is 11.4 Å². The van der Waals surface area contributed by atoms with Crippen molar-refractivity contribution in [3.63, 3.8) is 0 Å². The van der Waals surface area contributed by atoms with Crippen molar-refractivity contribution in [1.29, 1.82) is 0 Å². The van der Waals surface area contributed by atoms with E-state index in [0.29, 0.717) is 38.7 Å². The second-order valence-electron chi connectivity index (χ2n) is 6.85. The van der Waals surface area contributed by atoms with Crippen LogP contribution in [0.1, 0.15) is 10.4 Å². The Morgan fingerprint density at radius 3 is 2.38 bits per heavy atom. The molecule has 3 aromatic carbocycles. The van der Waals surface area contributed by atoms with Gasteiger partial charge in [-0.2, -0.15) is 4.73 Å². The molecule has 0 unspecified atom stereocenters. The zero-order chi connectivity index (χ0) is 20.5. The molecule has 6 nitrogen and oxygen atoms in total. The van der Waals surface area contributed by atoms with Crippen molar-refractivity contribution in [2.45, 2.75) is 0 Å². The molecule has 0 atom stereocenters. The third kappa shape index (κ3) is 3.75. The number of imidazole rings is 1. The quantitative estimate of drug-likeness (QED) is 0.472. The number of hydrogen-bond donors (Lipinski definition) is 2. The van der Waals surface area contributed by atoms with Gasteiger partial charge in [0.25, 0.3) is 5.91 Å². The van der Waals surface area contributed by atoms with Gasteiger partial charge in [-0.15, -0.1) is 0 Å². The normalized spacial score (nSPS) is 10.9. The molecule has 0 saturated carbocycles. The number of rotatable bonds is 4.